The van der Waals surface area contributed by atoms with Crippen LogP contribution in [0.15, 0.2) is 18.2 Å². The van der Waals surface area contributed by atoms with Gasteiger partial charge in [0.2, 0.25) is 5.91 Å². The lowest BCUT2D eigenvalue weighted by atomic mass is 10.1. The van der Waals surface area contributed by atoms with Crippen molar-refractivity contribution in [1.29, 1.82) is 5.26 Å². The Kier molecular flexibility index (Phi) is 3.78. The molecule has 0 aliphatic rings. The van der Waals surface area contributed by atoms with Crippen molar-refractivity contribution in [3.8, 4) is 6.07 Å². The molecular formula is C12H12N2O2. The fourth-order valence-corrected chi connectivity index (χ4v) is 1.30. The second-order valence-electron chi connectivity index (χ2n) is 3.57. The van der Waals surface area contributed by atoms with E-state index in [4.69, 9.17) is 5.26 Å². The number of anilines is 1. The number of nitriles is 1. The molecule has 0 fully saturated rings. The van der Waals surface area contributed by atoms with Crippen molar-refractivity contribution in [3.63, 3.8) is 0 Å². The monoisotopic (exact) mass is 216 g/mol. The average Bonchev–Trinajstić information content (AvgIpc) is 2.16. The van der Waals surface area contributed by atoms with Crippen LogP contribution in [-0.4, -0.2) is 11.7 Å². The van der Waals surface area contributed by atoms with E-state index in [0.717, 1.165) is 5.56 Å². The molecular weight excluding hydrogens is 204 g/mol. The normalized spacial score (nSPS) is 9.31. The van der Waals surface area contributed by atoms with Gasteiger partial charge in [-0.25, -0.2) is 0 Å². The smallest absolute Gasteiger partial charge is 0.231 e. The van der Waals surface area contributed by atoms with Crippen LogP contribution in [0.3, 0.4) is 0 Å². The summed E-state index contributed by atoms with van der Waals surface area (Å²) in [6, 6.07) is 7.03. The molecule has 0 heterocycles. The SMILES string of the molecule is CC(=O)CC(=O)Nc1ccc(C#N)c(C)c1. The number of hydrogen-bond donors (Lipinski definition) is 1. The zero-order valence-electron chi connectivity index (χ0n) is 9.20. The molecule has 82 valence electrons. The summed E-state index contributed by atoms with van der Waals surface area (Å²) in [4.78, 5) is 22.0. The molecule has 4 heteroatoms. The Morgan fingerprint density at radius 2 is 2.12 bits per heavy atom. The average molecular weight is 216 g/mol. The number of nitrogens with one attached hydrogen (secondary N) is 1. The Bertz CT molecular complexity index is 472. The van der Waals surface area contributed by atoms with Gasteiger partial charge in [0.1, 0.15) is 5.78 Å². The summed E-state index contributed by atoms with van der Waals surface area (Å²) in [5.41, 5.74) is 1.97. The third-order valence-corrected chi connectivity index (χ3v) is 2.04. The minimum atomic E-state index is -0.336. The van der Waals surface area contributed by atoms with Crippen molar-refractivity contribution >= 4 is 17.4 Å². The van der Waals surface area contributed by atoms with E-state index in [9.17, 15) is 9.59 Å². The number of carbonyl (C=O) groups is 2. The zero-order chi connectivity index (χ0) is 12.1. The quantitative estimate of drug-likeness (QED) is 0.783. The number of rotatable bonds is 3. The molecule has 1 rings (SSSR count). The summed E-state index contributed by atoms with van der Waals surface area (Å²) in [5.74, 6) is -0.514. The molecule has 0 aliphatic carbocycles. The van der Waals surface area contributed by atoms with Crippen molar-refractivity contribution in [2.24, 2.45) is 0 Å². The highest BCUT2D eigenvalue weighted by Gasteiger charge is 2.06. The van der Waals surface area contributed by atoms with E-state index in [1.54, 1.807) is 25.1 Å². The second kappa shape index (κ2) is 5.08. The van der Waals surface area contributed by atoms with Crippen LogP contribution in [0, 0.1) is 18.3 Å². The lowest BCUT2D eigenvalue weighted by Crippen LogP contribution is -2.14. The van der Waals surface area contributed by atoms with Crippen LogP contribution in [0.4, 0.5) is 5.69 Å². The fraction of sp³-hybridized carbons (Fsp3) is 0.250. The molecule has 4 nitrogen and oxygen atoms in total. The largest absolute Gasteiger partial charge is 0.326 e. The maximum atomic E-state index is 11.3. The van der Waals surface area contributed by atoms with Gasteiger partial charge in [-0.2, -0.15) is 5.26 Å². The van der Waals surface area contributed by atoms with Gasteiger partial charge in [-0.05, 0) is 37.6 Å². The molecule has 0 unspecified atom stereocenters. The van der Waals surface area contributed by atoms with Gasteiger partial charge in [0.15, 0.2) is 0 Å². The Balaban J connectivity index is 2.76. The summed E-state index contributed by atoms with van der Waals surface area (Å²) in [6.07, 6.45) is -0.126. The van der Waals surface area contributed by atoms with Crippen LogP contribution >= 0.6 is 0 Å². The van der Waals surface area contributed by atoms with Crippen LogP contribution in [-0.2, 0) is 9.59 Å². The Labute approximate surface area is 93.9 Å². The van der Waals surface area contributed by atoms with Gasteiger partial charge in [-0.3, -0.25) is 9.59 Å². The maximum absolute atomic E-state index is 11.3. The first kappa shape index (κ1) is 11.9. The summed E-state index contributed by atoms with van der Waals surface area (Å²) in [7, 11) is 0. The topological polar surface area (TPSA) is 70.0 Å². The molecule has 0 aromatic heterocycles. The van der Waals surface area contributed by atoms with E-state index in [2.05, 4.69) is 5.32 Å². The zero-order valence-corrected chi connectivity index (χ0v) is 9.20. The third-order valence-electron chi connectivity index (χ3n) is 2.04. The van der Waals surface area contributed by atoms with Crippen molar-refractivity contribution < 1.29 is 9.59 Å². The highest BCUT2D eigenvalue weighted by molar-refractivity contribution is 6.03. The number of Topliss-reactive ketones (excluding diaryl/α,β-unsaturated/α-hetero) is 1. The highest BCUT2D eigenvalue weighted by Crippen LogP contribution is 2.14. The van der Waals surface area contributed by atoms with E-state index in [1.807, 2.05) is 6.07 Å². The minimum absolute atomic E-state index is 0.126. The van der Waals surface area contributed by atoms with Gasteiger partial charge in [-0.1, -0.05) is 0 Å². The van der Waals surface area contributed by atoms with Crippen LogP contribution in [0.5, 0.6) is 0 Å². The third kappa shape index (κ3) is 3.21. The first-order valence-corrected chi connectivity index (χ1v) is 4.83. The van der Waals surface area contributed by atoms with E-state index in [0.29, 0.717) is 11.3 Å². The van der Waals surface area contributed by atoms with Crippen LogP contribution < -0.4 is 5.32 Å². The van der Waals surface area contributed by atoms with Crippen molar-refractivity contribution in [2.45, 2.75) is 20.3 Å². The molecule has 1 aromatic carbocycles. The molecule has 0 atom stereocenters. The molecule has 0 saturated heterocycles. The van der Waals surface area contributed by atoms with E-state index >= 15 is 0 Å². The molecule has 0 saturated carbocycles. The fourth-order valence-electron chi connectivity index (χ4n) is 1.30. The molecule has 16 heavy (non-hydrogen) atoms. The van der Waals surface area contributed by atoms with Gasteiger partial charge in [-0.15, -0.1) is 0 Å². The predicted octanol–water partition coefficient (Wildman–Crippen LogP) is 1.78. The lowest BCUT2D eigenvalue weighted by molar-refractivity contribution is -0.124. The standard InChI is InChI=1S/C12H12N2O2/c1-8-5-11(4-3-10(8)7-13)14-12(16)6-9(2)15/h3-5H,6H2,1-2H3,(H,14,16). The minimum Gasteiger partial charge on any atom is -0.326 e. The van der Waals surface area contributed by atoms with E-state index in [1.165, 1.54) is 6.92 Å². The lowest BCUT2D eigenvalue weighted by Gasteiger charge is -2.05. The summed E-state index contributed by atoms with van der Waals surface area (Å²) in [5, 5.41) is 11.3. The number of amides is 1. The number of aryl methyl sites for hydroxylation is 1. The van der Waals surface area contributed by atoms with Crippen LogP contribution in [0.2, 0.25) is 0 Å². The van der Waals surface area contributed by atoms with Gasteiger partial charge in [0.05, 0.1) is 18.1 Å². The molecule has 1 N–H and O–H groups in total. The molecule has 1 amide bonds. The summed E-state index contributed by atoms with van der Waals surface area (Å²) >= 11 is 0. The molecule has 0 radical (unpaired) electrons. The number of hydrogen-bond acceptors (Lipinski definition) is 3. The van der Waals surface area contributed by atoms with Crippen LogP contribution in [0.25, 0.3) is 0 Å². The number of nitrogens with zero attached hydrogens (tertiary/aromatic N) is 1. The number of ketones is 1. The molecule has 0 aliphatic heterocycles. The Morgan fingerprint density at radius 1 is 1.44 bits per heavy atom. The Morgan fingerprint density at radius 3 is 2.62 bits per heavy atom. The molecule has 1 aromatic rings. The van der Waals surface area contributed by atoms with Crippen molar-refractivity contribution in [1.82, 2.24) is 0 Å². The molecule has 0 spiro atoms. The Hall–Kier alpha value is -2.15. The van der Waals surface area contributed by atoms with E-state index < -0.39 is 0 Å². The van der Waals surface area contributed by atoms with Crippen LogP contribution in [0.1, 0.15) is 24.5 Å². The highest BCUT2D eigenvalue weighted by atomic mass is 16.2. The first-order chi connectivity index (χ1) is 7.52. The van der Waals surface area contributed by atoms with Gasteiger partial charge >= 0.3 is 0 Å². The molecule has 0 bridgehead atoms. The van der Waals surface area contributed by atoms with Gasteiger partial charge < -0.3 is 5.32 Å². The van der Waals surface area contributed by atoms with Crippen molar-refractivity contribution in [2.75, 3.05) is 5.32 Å². The number of benzene rings is 1. The maximum Gasteiger partial charge on any atom is 0.231 e. The van der Waals surface area contributed by atoms with Crippen molar-refractivity contribution in [3.05, 3.63) is 29.3 Å². The second-order valence-corrected chi connectivity index (χ2v) is 3.57. The van der Waals surface area contributed by atoms with Gasteiger partial charge in [0.25, 0.3) is 0 Å². The van der Waals surface area contributed by atoms with Gasteiger partial charge in [0, 0.05) is 5.69 Å². The summed E-state index contributed by atoms with van der Waals surface area (Å²) in [6.45, 7) is 3.16. The number of carbonyl (C=O) groups excluding carboxylic acids is 2. The summed E-state index contributed by atoms with van der Waals surface area (Å²) < 4.78 is 0. The van der Waals surface area contributed by atoms with E-state index in [-0.39, 0.29) is 18.1 Å². The predicted molar refractivity (Wildman–Crippen MR) is 59.8 cm³/mol. The first-order valence-electron chi connectivity index (χ1n) is 4.83.